The number of hydrogen-bond donors (Lipinski definition) is 1. The van der Waals surface area contributed by atoms with E-state index < -0.39 is 10.0 Å². The fourth-order valence-electron chi connectivity index (χ4n) is 2.57. The van der Waals surface area contributed by atoms with Gasteiger partial charge in [0.05, 0.1) is 4.90 Å². The molecule has 0 fully saturated rings. The largest absolute Gasteiger partial charge is 0.416 e. The Bertz CT molecular complexity index is 1170. The van der Waals surface area contributed by atoms with E-state index in [1.165, 1.54) is 12.1 Å². The van der Waals surface area contributed by atoms with Crippen LogP contribution in [0.2, 0.25) is 0 Å². The van der Waals surface area contributed by atoms with Crippen molar-refractivity contribution >= 4 is 20.8 Å². The molecular formula is C18H13N3O3S. The molecule has 7 heteroatoms. The normalized spacial score (nSPS) is 11.7. The van der Waals surface area contributed by atoms with Crippen LogP contribution in [0.3, 0.4) is 0 Å². The summed E-state index contributed by atoms with van der Waals surface area (Å²) in [5.41, 5.74) is 1.44. The van der Waals surface area contributed by atoms with Crippen molar-refractivity contribution in [1.82, 2.24) is 10.2 Å². The van der Waals surface area contributed by atoms with Gasteiger partial charge in [0.15, 0.2) is 0 Å². The van der Waals surface area contributed by atoms with Gasteiger partial charge < -0.3 is 4.42 Å². The van der Waals surface area contributed by atoms with Gasteiger partial charge in [-0.1, -0.05) is 30.3 Å². The molecule has 4 aromatic rings. The van der Waals surface area contributed by atoms with Crippen LogP contribution in [0.25, 0.3) is 33.7 Å². The average Bonchev–Trinajstić information content (AvgIpc) is 3.11. The molecule has 1 heterocycles. The van der Waals surface area contributed by atoms with E-state index >= 15 is 0 Å². The number of aromatic nitrogens is 2. The molecule has 4 rings (SSSR count). The summed E-state index contributed by atoms with van der Waals surface area (Å²) in [6.45, 7) is 0. The van der Waals surface area contributed by atoms with E-state index in [2.05, 4.69) is 10.2 Å². The lowest BCUT2D eigenvalue weighted by Crippen LogP contribution is -2.11. The summed E-state index contributed by atoms with van der Waals surface area (Å²) in [5, 5.41) is 15.4. The van der Waals surface area contributed by atoms with Crippen LogP contribution < -0.4 is 5.14 Å². The summed E-state index contributed by atoms with van der Waals surface area (Å²) in [6, 6.07) is 19.9. The Balaban J connectivity index is 1.69. The lowest BCUT2D eigenvalue weighted by molar-refractivity contribution is 0.584. The molecule has 0 atom stereocenters. The Morgan fingerprint density at radius 3 is 2.04 bits per heavy atom. The van der Waals surface area contributed by atoms with Gasteiger partial charge in [-0.2, -0.15) is 0 Å². The van der Waals surface area contributed by atoms with Crippen molar-refractivity contribution in [3.8, 4) is 22.9 Å². The third-order valence-corrected chi connectivity index (χ3v) is 4.78. The van der Waals surface area contributed by atoms with Crippen LogP contribution in [-0.4, -0.2) is 18.6 Å². The summed E-state index contributed by atoms with van der Waals surface area (Å²) in [7, 11) is -3.73. The molecule has 0 bridgehead atoms. The van der Waals surface area contributed by atoms with Crippen molar-refractivity contribution in [2.45, 2.75) is 4.90 Å². The first kappa shape index (κ1) is 15.5. The smallest absolute Gasteiger partial charge is 0.248 e. The highest BCUT2D eigenvalue weighted by Gasteiger charge is 2.13. The van der Waals surface area contributed by atoms with Crippen LogP contribution >= 0.6 is 0 Å². The Hall–Kier alpha value is -3.03. The van der Waals surface area contributed by atoms with Crippen molar-refractivity contribution in [2.75, 3.05) is 0 Å². The van der Waals surface area contributed by atoms with Gasteiger partial charge in [-0.25, -0.2) is 13.6 Å². The molecule has 6 nitrogen and oxygen atoms in total. The molecule has 25 heavy (non-hydrogen) atoms. The number of fused-ring (bicyclic) bond motifs is 1. The molecule has 1 aromatic heterocycles. The molecule has 0 amide bonds. The standard InChI is InChI=1S/C18H13N3O3S/c19-25(22,23)16-9-7-13(8-10-16)17-20-21-18(24-17)15-6-5-12-3-1-2-4-14(12)11-15/h1-11H,(H2,19,22,23). The molecule has 0 spiro atoms. The van der Waals surface area contributed by atoms with Gasteiger partial charge in [0.1, 0.15) is 0 Å². The van der Waals surface area contributed by atoms with E-state index in [9.17, 15) is 8.42 Å². The van der Waals surface area contributed by atoms with Crippen LogP contribution in [0.15, 0.2) is 76.0 Å². The molecule has 0 aliphatic carbocycles. The van der Waals surface area contributed by atoms with Crippen LogP contribution in [0.1, 0.15) is 0 Å². The molecule has 0 radical (unpaired) electrons. The zero-order chi connectivity index (χ0) is 17.4. The SMILES string of the molecule is NS(=O)(=O)c1ccc(-c2nnc(-c3ccc4ccccc4c3)o2)cc1. The van der Waals surface area contributed by atoms with Crippen LogP contribution in [0.5, 0.6) is 0 Å². The predicted molar refractivity (Wildman–Crippen MR) is 94.0 cm³/mol. The first-order valence-corrected chi connectivity index (χ1v) is 9.01. The van der Waals surface area contributed by atoms with E-state index in [0.717, 1.165) is 16.3 Å². The zero-order valence-corrected chi connectivity index (χ0v) is 13.8. The number of benzene rings is 3. The summed E-state index contributed by atoms with van der Waals surface area (Å²) in [6.07, 6.45) is 0. The minimum absolute atomic E-state index is 0.0329. The summed E-state index contributed by atoms with van der Waals surface area (Å²) < 4.78 is 28.3. The van der Waals surface area contributed by atoms with Gasteiger partial charge in [0, 0.05) is 11.1 Å². The monoisotopic (exact) mass is 351 g/mol. The molecule has 0 aliphatic heterocycles. The lowest BCUT2D eigenvalue weighted by Gasteiger charge is -2.00. The van der Waals surface area contributed by atoms with Crippen LogP contribution in [0, 0.1) is 0 Å². The second kappa shape index (κ2) is 5.80. The third kappa shape index (κ3) is 3.02. The molecule has 0 saturated heterocycles. The van der Waals surface area contributed by atoms with E-state index in [1.54, 1.807) is 12.1 Å². The number of hydrogen-bond acceptors (Lipinski definition) is 5. The maximum atomic E-state index is 11.3. The molecular weight excluding hydrogens is 338 g/mol. The highest BCUT2D eigenvalue weighted by molar-refractivity contribution is 7.89. The molecule has 2 N–H and O–H groups in total. The summed E-state index contributed by atoms with van der Waals surface area (Å²) >= 11 is 0. The second-order valence-electron chi connectivity index (χ2n) is 5.54. The minimum atomic E-state index is -3.73. The van der Waals surface area contributed by atoms with Gasteiger partial charge in [0.25, 0.3) is 0 Å². The second-order valence-corrected chi connectivity index (χ2v) is 7.11. The lowest BCUT2D eigenvalue weighted by atomic mass is 10.1. The van der Waals surface area contributed by atoms with Crippen LogP contribution in [0.4, 0.5) is 0 Å². The summed E-state index contributed by atoms with van der Waals surface area (Å²) in [5.74, 6) is 0.709. The minimum Gasteiger partial charge on any atom is -0.416 e. The van der Waals surface area contributed by atoms with E-state index in [-0.39, 0.29) is 4.90 Å². The van der Waals surface area contributed by atoms with Gasteiger partial charge >= 0.3 is 0 Å². The topological polar surface area (TPSA) is 99.1 Å². The zero-order valence-electron chi connectivity index (χ0n) is 13.0. The first-order valence-electron chi connectivity index (χ1n) is 7.47. The van der Waals surface area contributed by atoms with E-state index in [1.807, 2.05) is 42.5 Å². The summed E-state index contributed by atoms with van der Waals surface area (Å²) in [4.78, 5) is 0.0329. The van der Waals surface area contributed by atoms with Gasteiger partial charge in [-0.15, -0.1) is 10.2 Å². The molecule has 124 valence electrons. The van der Waals surface area contributed by atoms with Crippen molar-refractivity contribution < 1.29 is 12.8 Å². The fourth-order valence-corrected chi connectivity index (χ4v) is 3.08. The third-order valence-electron chi connectivity index (χ3n) is 3.85. The number of primary sulfonamides is 1. The maximum Gasteiger partial charge on any atom is 0.248 e. The van der Waals surface area contributed by atoms with E-state index in [0.29, 0.717) is 17.3 Å². The molecule has 0 saturated carbocycles. The highest BCUT2D eigenvalue weighted by atomic mass is 32.2. The number of rotatable bonds is 3. The number of nitrogens with zero attached hydrogens (tertiary/aromatic N) is 2. The Morgan fingerprint density at radius 1 is 0.760 bits per heavy atom. The molecule has 0 aliphatic rings. The number of sulfonamides is 1. The van der Waals surface area contributed by atoms with Crippen molar-refractivity contribution in [1.29, 1.82) is 0 Å². The van der Waals surface area contributed by atoms with Crippen LogP contribution in [-0.2, 0) is 10.0 Å². The maximum absolute atomic E-state index is 11.3. The van der Waals surface area contributed by atoms with E-state index in [4.69, 9.17) is 9.56 Å². The molecule has 0 unspecified atom stereocenters. The quantitative estimate of drug-likeness (QED) is 0.611. The van der Waals surface area contributed by atoms with Crippen molar-refractivity contribution in [3.63, 3.8) is 0 Å². The average molecular weight is 351 g/mol. The fraction of sp³-hybridized carbons (Fsp3) is 0. The van der Waals surface area contributed by atoms with Gasteiger partial charge in [0.2, 0.25) is 21.8 Å². The van der Waals surface area contributed by atoms with Gasteiger partial charge in [-0.3, -0.25) is 0 Å². The first-order chi connectivity index (χ1) is 12.0. The Kier molecular flexibility index (Phi) is 3.60. The highest BCUT2D eigenvalue weighted by Crippen LogP contribution is 2.27. The van der Waals surface area contributed by atoms with Gasteiger partial charge in [-0.05, 0) is 47.2 Å². The Morgan fingerprint density at radius 2 is 1.36 bits per heavy atom. The molecule has 3 aromatic carbocycles. The predicted octanol–water partition coefficient (Wildman–Crippen LogP) is 3.20. The number of nitrogens with two attached hydrogens (primary N) is 1. The Labute approximate surface area is 144 Å². The van der Waals surface area contributed by atoms with Crippen molar-refractivity contribution in [3.05, 3.63) is 66.7 Å². The van der Waals surface area contributed by atoms with Crippen molar-refractivity contribution in [2.24, 2.45) is 5.14 Å².